The van der Waals surface area contributed by atoms with Gasteiger partial charge in [-0.3, -0.25) is 9.59 Å². The summed E-state index contributed by atoms with van der Waals surface area (Å²) in [5.74, 6) is -1.74. The fourth-order valence-electron chi connectivity index (χ4n) is 3.66. The fourth-order valence-corrected chi connectivity index (χ4v) is 4.63. The molecule has 0 aromatic heterocycles. The van der Waals surface area contributed by atoms with Crippen molar-refractivity contribution in [3.63, 3.8) is 0 Å². The van der Waals surface area contributed by atoms with Crippen LogP contribution < -0.4 is 10.6 Å². The first-order valence-corrected chi connectivity index (χ1v) is 12.1. The van der Waals surface area contributed by atoms with E-state index >= 15 is 0 Å². The van der Waals surface area contributed by atoms with Gasteiger partial charge in [0, 0.05) is 17.1 Å². The molecular weight excluding hydrogens is 499 g/mol. The van der Waals surface area contributed by atoms with Crippen LogP contribution in [0.5, 0.6) is 0 Å². The number of benzene rings is 2. The molecule has 2 aromatic carbocycles. The highest BCUT2D eigenvalue weighted by Gasteiger charge is 2.26. The summed E-state index contributed by atoms with van der Waals surface area (Å²) in [4.78, 5) is 38.1. The van der Waals surface area contributed by atoms with Gasteiger partial charge in [0.15, 0.2) is 0 Å². The zero-order valence-electron chi connectivity index (χ0n) is 18.4. The number of carbonyl (C=O) groups is 3. The van der Waals surface area contributed by atoms with Crippen LogP contribution in [0.4, 0.5) is 0 Å². The molecule has 0 heterocycles. The summed E-state index contributed by atoms with van der Waals surface area (Å²) in [5.41, 5.74) is 0.772. The number of esters is 1. The Kier molecular flexibility index (Phi) is 9.81. The van der Waals surface area contributed by atoms with Gasteiger partial charge in [0.05, 0.1) is 15.6 Å². The maximum absolute atomic E-state index is 12.9. The van der Waals surface area contributed by atoms with Crippen LogP contribution in [0, 0.1) is 0 Å². The first-order chi connectivity index (χ1) is 16.3. The quantitative estimate of drug-likeness (QED) is 0.356. The molecule has 0 spiro atoms. The zero-order chi connectivity index (χ0) is 24.5. The van der Waals surface area contributed by atoms with Gasteiger partial charge in [-0.15, -0.1) is 0 Å². The Morgan fingerprint density at radius 3 is 2.29 bits per heavy atom. The van der Waals surface area contributed by atoms with E-state index in [1.165, 1.54) is 18.2 Å². The maximum Gasteiger partial charge on any atom is 0.341 e. The summed E-state index contributed by atoms with van der Waals surface area (Å²) in [6.45, 7) is -0.391. The number of rotatable bonds is 8. The summed E-state index contributed by atoms with van der Waals surface area (Å²) >= 11 is 18.1. The summed E-state index contributed by atoms with van der Waals surface area (Å²) in [5, 5.41) is 5.90. The van der Waals surface area contributed by atoms with Crippen LogP contribution >= 0.6 is 34.8 Å². The van der Waals surface area contributed by atoms with Gasteiger partial charge >= 0.3 is 5.97 Å². The smallest absolute Gasteiger partial charge is 0.341 e. The third-order valence-electron chi connectivity index (χ3n) is 5.40. The van der Waals surface area contributed by atoms with Gasteiger partial charge in [-0.05, 0) is 36.6 Å². The monoisotopic (exact) mass is 522 g/mol. The van der Waals surface area contributed by atoms with Gasteiger partial charge < -0.3 is 15.4 Å². The van der Waals surface area contributed by atoms with E-state index in [1.54, 1.807) is 6.08 Å². The lowest BCUT2D eigenvalue weighted by Gasteiger charge is -2.25. The highest BCUT2D eigenvalue weighted by Crippen LogP contribution is 2.29. The predicted molar refractivity (Wildman–Crippen MR) is 134 cm³/mol. The minimum absolute atomic E-state index is 0.0244. The van der Waals surface area contributed by atoms with Crippen molar-refractivity contribution < 1.29 is 19.1 Å². The predicted octanol–water partition coefficient (Wildman–Crippen LogP) is 5.45. The van der Waals surface area contributed by atoms with E-state index in [4.69, 9.17) is 39.5 Å². The SMILES string of the molecule is O=C(/C=C/c1ccccc1)N[C@@H](COC(=O)c1c(Cl)cc(Cl)cc1Cl)C(=O)NC1CCCCC1. The van der Waals surface area contributed by atoms with Gasteiger partial charge in [0.2, 0.25) is 11.8 Å². The second-order valence-electron chi connectivity index (χ2n) is 7.99. The van der Waals surface area contributed by atoms with Crippen LogP contribution in [-0.4, -0.2) is 36.5 Å². The van der Waals surface area contributed by atoms with Crippen LogP contribution in [0.15, 0.2) is 48.5 Å². The van der Waals surface area contributed by atoms with Gasteiger partial charge in [-0.1, -0.05) is 84.4 Å². The van der Waals surface area contributed by atoms with Crippen LogP contribution in [0.2, 0.25) is 15.1 Å². The first kappa shape index (κ1) is 26.1. The number of nitrogens with one attached hydrogen (secondary N) is 2. The Bertz CT molecular complexity index is 1030. The molecule has 9 heteroatoms. The molecule has 0 saturated heterocycles. The Balaban J connectivity index is 1.69. The molecule has 0 radical (unpaired) electrons. The summed E-state index contributed by atoms with van der Waals surface area (Å²) in [6.07, 6.45) is 7.90. The summed E-state index contributed by atoms with van der Waals surface area (Å²) in [7, 11) is 0. The number of halogens is 3. The van der Waals surface area contributed by atoms with Crippen LogP contribution in [-0.2, 0) is 14.3 Å². The molecule has 0 unspecified atom stereocenters. The lowest BCUT2D eigenvalue weighted by molar-refractivity contribution is -0.128. The largest absolute Gasteiger partial charge is 0.459 e. The van der Waals surface area contributed by atoms with Crippen LogP contribution in [0.25, 0.3) is 6.08 Å². The van der Waals surface area contributed by atoms with Gasteiger partial charge in [-0.25, -0.2) is 4.79 Å². The van der Waals surface area contributed by atoms with Gasteiger partial charge in [0.25, 0.3) is 0 Å². The number of hydrogen-bond acceptors (Lipinski definition) is 4. The van der Waals surface area contributed by atoms with Crippen molar-refractivity contribution >= 4 is 58.7 Å². The van der Waals surface area contributed by atoms with Gasteiger partial charge in [0.1, 0.15) is 12.6 Å². The fraction of sp³-hybridized carbons (Fsp3) is 0.320. The first-order valence-electron chi connectivity index (χ1n) is 11.0. The Hall–Kier alpha value is -2.54. The Morgan fingerprint density at radius 1 is 1.00 bits per heavy atom. The van der Waals surface area contributed by atoms with E-state index in [9.17, 15) is 14.4 Å². The van der Waals surface area contributed by atoms with Crippen molar-refractivity contribution in [2.75, 3.05) is 6.61 Å². The molecule has 180 valence electrons. The number of carbonyl (C=O) groups excluding carboxylic acids is 3. The van der Waals surface area contributed by atoms with E-state index < -0.39 is 30.4 Å². The second kappa shape index (κ2) is 12.8. The van der Waals surface area contributed by atoms with Crippen molar-refractivity contribution in [2.45, 2.75) is 44.2 Å². The molecule has 2 N–H and O–H groups in total. The van der Waals surface area contributed by atoms with Crippen LogP contribution in [0.1, 0.15) is 48.0 Å². The molecule has 1 atom stereocenters. The summed E-state index contributed by atoms with van der Waals surface area (Å²) in [6, 6.07) is 10.9. The van der Waals surface area contributed by atoms with Crippen LogP contribution in [0.3, 0.4) is 0 Å². The molecule has 0 aliphatic heterocycles. The van der Waals surface area contributed by atoms with E-state index in [0.717, 1.165) is 37.7 Å². The topological polar surface area (TPSA) is 84.5 Å². The summed E-state index contributed by atoms with van der Waals surface area (Å²) < 4.78 is 5.32. The highest BCUT2D eigenvalue weighted by atomic mass is 35.5. The molecule has 0 bridgehead atoms. The average Bonchev–Trinajstić information content (AvgIpc) is 2.81. The average molecular weight is 524 g/mol. The standard InChI is InChI=1S/C25H25Cl3N2O4/c26-17-13-19(27)23(20(28)14-17)25(33)34-15-21(24(32)29-18-9-5-2-6-10-18)30-22(31)12-11-16-7-3-1-4-8-16/h1,3-4,7-8,11-14,18,21H,2,5-6,9-10,15H2,(H,29,32)(H,30,31)/b12-11+/t21-/m0/s1. The number of hydrogen-bond donors (Lipinski definition) is 2. The third-order valence-corrected chi connectivity index (χ3v) is 6.22. The van der Waals surface area contributed by atoms with Crippen molar-refractivity contribution in [1.82, 2.24) is 10.6 Å². The molecular formula is C25H25Cl3N2O4. The highest BCUT2D eigenvalue weighted by molar-refractivity contribution is 6.41. The molecule has 2 aromatic rings. The zero-order valence-corrected chi connectivity index (χ0v) is 20.6. The van der Waals surface area contributed by atoms with E-state index in [2.05, 4.69) is 10.6 Å². The third kappa shape index (κ3) is 7.76. The lowest BCUT2D eigenvalue weighted by atomic mass is 9.95. The molecule has 1 aliphatic carbocycles. The minimum atomic E-state index is -1.09. The molecule has 34 heavy (non-hydrogen) atoms. The Morgan fingerprint density at radius 2 is 1.65 bits per heavy atom. The van der Waals surface area contributed by atoms with E-state index in [-0.39, 0.29) is 26.7 Å². The van der Waals surface area contributed by atoms with Crippen molar-refractivity contribution in [3.05, 3.63) is 74.7 Å². The molecule has 2 amide bonds. The molecule has 3 rings (SSSR count). The molecule has 1 aliphatic rings. The van der Waals surface area contributed by atoms with Crippen molar-refractivity contribution in [3.8, 4) is 0 Å². The van der Waals surface area contributed by atoms with E-state index in [0.29, 0.717) is 0 Å². The lowest BCUT2D eigenvalue weighted by Crippen LogP contribution is -2.52. The number of amides is 2. The Labute approximate surface area is 213 Å². The normalized spacial score (nSPS) is 15.0. The number of ether oxygens (including phenoxy) is 1. The minimum Gasteiger partial charge on any atom is -0.459 e. The van der Waals surface area contributed by atoms with Gasteiger partial charge in [-0.2, -0.15) is 0 Å². The molecule has 6 nitrogen and oxygen atoms in total. The van der Waals surface area contributed by atoms with Crippen molar-refractivity contribution in [1.29, 1.82) is 0 Å². The second-order valence-corrected chi connectivity index (χ2v) is 9.24. The van der Waals surface area contributed by atoms with Crippen molar-refractivity contribution in [2.24, 2.45) is 0 Å². The maximum atomic E-state index is 12.9. The molecule has 1 fully saturated rings. The molecule has 1 saturated carbocycles. The van der Waals surface area contributed by atoms with E-state index in [1.807, 2.05) is 30.3 Å².